The molecule has 2 aliphatic carbocycles. The van der Waals surface area contributed by atoms with Gasteiger partial charge in [0, 0.05) is 5.92 Å². The Balaban J connectivity index is 2.35. The fraction of sp³-hybridized carbons (Fsp3) is 0.0909. The quantitative estimate of drug-likeness (QED) is 0.488. The van der Waals surface area contributed by atoms with E-state index in [1.807, 2.05) is 6.08 Å². The van der Waals surface area contributed by atoms with E-state index in [4.69, 9.17) is 0 Å². The molecule has 0 fully saturated rings. The van der Waals surface area contributed by atoms with Crippen molar-refractivity contribution in [1.29, 1.82) is 0 Å². The van der Waals surface area contributed by atoms with Crippen molar-refractivity contribution in [3.05, 3.63) is 60.3 Å². The highest BCUT2D eigenvalue weighted by molar-refractivity contribution is 5.41. The molecule has 0 aromatic rings. The van der Waals surface area contributed by atoms with Crippen LogP contribution in [0.5, 0.6) is 0 Å². The lowest BCUT2D eigenvalue weighted by Gasteiger charge is -2.04. The summed E-state index contributed by atoms with van der Waals surface area (Å²) in [5, 5.41) is 0. The van der Waals surface area contributed by atoms with Crippen LogP contribution in [0.1, 0.15) is 0 Å². The predicted octanol–water partition coefficient (Wildman–Crippen LogP) is 2.78. The zero-order valence-electron chi connectivity index (χ0n) is 6.27. The van der Waals surface area contributed by atoms with Crippen LogP contribution in [0, 0.1) is 5.92 Å². The number of hydrogen-bond acceptors (Lipinski definition) is 0. The van der Waals surface area contributed by atoms with Crippen molar-refractivity contribution in [2.75, 3.05) is 0 Å². The summed E-state index contributed by atoms with van der Waals surface area (Å²) < 4.78 is 0. The van der Waals surface area contributed by atoms with Crippen LogP contribution in [-0.2, 0) is 0 Å². The minimum Gasteiger partial charge on any atom is -0.0732 e. The van der Waals surface area contributed by atoms with Gasteiger partial charge in [0.2, 0.25) is 0 Å². The van der Waals surface area contributed by atoms with E-state index in [1.165, 1.54) is 5.57 Å². The Bertz CT molecular complexity index is 285. The first-order chi connectivity index (χ1) is 5.47. The van der Waals surface area contributed by atoms with Gasteiger partial charge >= 0.3 is 0 Å². The van der Waals surface area contributed by atoms with Crippen LogP contribution in [-0.4, -0.2) is 0 Å². The average Bonchev–Trinajstić information content (AvgIpc) is 2.35. The van der Waals surface area contributed by atoms with Crippen molar-refractivity contribution in [3.8, 4) is 0 Å². The van der Waals surface area contributed by atoms with Gasteiger partial charge in [-0.15, -0.1) is 0 Å². The van der Waals surface area contributed by atoms with Gasteiger partial charge in [-0.25, -0.2) is 0 Å². The van der Waals surface area contributed by atoms with E-state index in [0.29, 0.717) is 5.92 Å². The van der Waals surface area contributed by atoms with E-state index in [-0.39, 0.29) is 0 Å². The molecule has 0 spiro atoms. The third kappa shape index (κ3) is 1.25. The maximum atomic E-state index is 2.20. The minimum atomic E-state index is 0.510. The number of fused-ring (bicyclic) bond motifs is 1. The molecule has 0 amide bonds. The molecule has 54 valence electrons. The largest absolute Gasteiger partial charge is 0.0732 e. The first kappa shape index (κ1) is 6.41. The third-order valence-electron chi connectivity index (χ3n) is 1.93. The first-order valence-corrected chi connectivity index (χ1v) is 3.87. The summed E-state index contributed by atoms with van der Waals surface area (Å²) in [7, 11) is 0. The predicted molar refractivity (Wildman–Crippen MR) is 48.1 cm³/mol. The molecule has 0 heteroatoms. The Morgan fingerprint density at radius 2 is 1.64 bits per heavy atom. The summed E-state index contributed by atoms with van der Waals surface area (Å²) in [6, 6.07) is 0. The molecule has 2 aliphatic rings. The summed E-state index contributed by atoms with van der Waals surface area (Å²) in [6.45, 7) is 0. The lowest BCUT2D eigenvalue weighted by Crippen LogP contribution is -1.90. The number of hydrogen-bond donors (Lipinski definition) is 0. The molecule has 11 heavy (non-hydrogen) atoms. The van der Waals surface area contributed by atoms with Gasteiger partial charge < -0.3 is 0 Å². The molecule has 0 N–H and O–H groups in total. The molecule has 0 bridgehead atoms. The van der Waals surface area contributed by atoms with Gasteiger partial charge in [-0.2, -0.15) is 0 Å². The summed E-state index contributed by atoms with van der Waals surface area (Å²) in [6.07, 6.45) is 19.1. The highest BCUT2D eigenvalue weighted by atomic mass is 14.1. The topological polar surface area (TPSA) is 0 Å². The Morgan fingerprint density at radius 3 is 2.64 bits per heavy atom. The fourth-order valence-corrected chi connectivity index (χ4v) is 1.33. The van der Waals surface area contributed by atoms with Crippen LogP contribution < -0.4 is 0 Å². The van der Waals surface area contributed by atoms with Crippen LogP contribution in [0.3, 0.4) is 0 Å². The maximum absolute atomic E-state index is 2.20. The molecule has 0 heterocycles. The molecule has 0 saturated heterocycles. The monoisotopic (exact) mass is 142 g/mol. The lowest BCUT2D eigenvalue weighted by molar-refractivity contribution is 1.03. The second-order valence-electron chi connectivity index (χ2n) is 2.71. The second kappa shape index (κ2) is 2.75. The van der Waals surface area contributed by atoms with E-state index in [2.05, 4.69) is 48.6 Å². The van der Waals surface area contributed by atoms with E-state index in [1.54, 1.807) is 0 Å². The van der Waals surface area contributed by atoms with Crippen molar-refractivity contribution in [2.45, 2.75) is 0 Å². The minimum absolute atomic E-state index is 0.510. The zero-order chi connectivity index (χ0) is 7.52. The van der Waals surface area contributed by atoms with Gasteiger partial charge in [0.15, 0.2) is 0 Å². The van der Waals surface area contributed by atoms with Crippen molar-refractivity contribution in [1.82, 2.24) is 0 Å². The second-order valence-corrected chi connectivity index (χ2v) is 2.71. The van der Waals surface area contributed by atoms with E-state index in [0.717, 1.165) is 0 Å². The van der Waals surface area contributed by atoms with Gasteiger partial charge in [0.1, 0.15) is 0 Å². The van der Waals surface area contributed by atoms with Crippen molar-refractivity contribution < 1.29 is 0 Å². The summed E-state index contributed by atoms with van der Waals surface area (Å²) in [5.41, 5.74) is 1.38. The van der Waals surface area contributed by atoms with E-state index < -0.39 is 0 Å². The molecule has 0 aromatic carbocycles. The highest BCUT2D eigenvalue weighted by Gasteiger charge is 2.07. The van der Waals surface area contributed by atoms with Crippen LogP contribution in [0.25, 0.3) is 0 Å². The Labute approximate surface area is 66.9 Å². The van der Waals surface area contributed by atoms with Gasteiger partial charge in [0.05, 0.1) is 0 Å². The first-order valence-electron chi connectivity index (χ1n) is 3.87. The maximum Gasteiger partial charge on any atom is 0.0204 e. The summed E-state index contributed by atoms with van der Waals surface area (Å²) in [4.78, 5) is 0. The van der Waals surface area contributed by atoms with Crippen LogP contribution in [0.2, 0.25) is 0 Å². The number of allylic oxidation sites excluding steroid dienone is 10. The smallest absolute Gasteiger partial charge is 0.0204 e. The molecule has 2 rings (SSSR count). The molecular weight excluding hydrogens is 132 g/mol. The SMILES string of the molecule is C1=CC2/C=C/C=C\C=C\C2=C1. The zero-order valence-corrected chi connectivity index (χ0v) is 6.27. The fourth-order valence-electron chi connectivity index (χ4n) is 1.33. The summed E-state index contributed by atoms with van der Waals surface area (Å²) in [5.74, 6) is 0.510. The van der Waals surface area contributed by atoms with E-state index in [9.17, 15) is 0 Å². The Kier molecular flexibility index (Phi) is 1.60. The van der Waals surface area contributed by atoms with Gasteiger partial charge in [-0.3, -0.25) is 0 Å². The van der Waals surface area contributed by atoms with Crippen molar-refractivity contribution in [2.24, 2.45) is 5.92 Å². The molecule has 0 saturated carbocycles. The molecule has 1 atom stereocenters. The third-order valence-corrected chi connectivity index (χ3v) is 1.93. The van der Waals surface area contributed by atoms with Gasteiger partial charge in [-0.05, 0) is 5.57 Å². The van der Waals surface area contributed by atoms with Crippen LogP contribution in [0.15, 0.2) is 60.3 Å². The number of rotatable bonds is 0. The summed E-state index contributed by atoms with van der Waals surface area (Å²) >= 11 is 0. The standard InChI is InChI=1S/C11H10/c1-2-4-7-11-9-5-8-10(11)6-3-1/h1-10H/b2-1-,6-3+,7-4+. The molecule has 0 nitrogen and oxygen atoms in total. The molecule has 0 aromatic heterocycles. The van der Waals surface area contributed by atoms with Crippen molar-refractivity contribution in [3.63, 3.8) is 0 Å². The van der Waals surface area contributed by atoms with Gasteiger partial charge in [-0.1, -0.05) is 54.7 Å². The Morgan fingerprint density at radius 1 is 0.818 bits per heavy atom. The van der Waals surface area contributed by atoms with Gasteiger partial charge in [0.25, 0.3) is 0 Å². The molecular formula is C11H10. The van der Waals surface area contributed by atoms with Crippen molar-refractivity contribution >= 4 is 0 Å². The Hall–Kier alpha value is -1.30. The molecule has 1 unspecified atom stereocenters. The van der Waals surface area contributed by atoms with Crippen LogP contribution in [0.4, 0.5) is 0 Å². The normalized spacial score (nSPS) is 34.9. The van der Waals surface area contributed by atoms with E-state index >= 15 is 0 Å². The lowest BCUT2D eigenvalue weighted by atomic mass is 10.0. The average molecular weight is 142 g/mol. The van der Waals surface area contributed by atoms with Crippen LogP contribution >= 0.6 is 0 Å². The molecule has 0 aliphatic heterocycles. The highest BCUT2D eigenvalue weighted by Crippen LogP contribution is 2.22. The molecule has 0 radical (unpaired) electrons.